The van der Waals surface area contributed by atoms with Crippen molar-refractivity contribution >= 4 is 21.5 Å². The van der Waals surface area contributed by atoms with Crippen molar-refractivity contribution in [2.45, 2.75) is 31.6 Å². The number of carbonyl (C=O) groups is 1. The van der Waals surface area contributed by atoms with Crippen LogP contribution in [0.4, 0.5) is 5.69 Å². The molecular weight excluding hydrogens is 424 g/mol. The second kappa shape index (κ2) is 9.03. The van der Waals surface area contributed by atoms with Crippen LogP contribution in [0, 0.1) is 16.0 Å². The summed E-state index contributed by atoms with van der Waals surface area (Å²) < 4.78 is 38.2. The van der Waals surface area contributed by atoms with Crippen LogP contribution in [0.1, 0.15) is 37.0 Å². The molecule has 1 heterocycles. The van der Waals surface area contributed by atoms with Gasteiger partial charge in [-0.15, -0.1) is 0 Å². The number of Topliss-reactive ketones (excluding diaryl/α,β-unsaturated/α-hetero) is 1. The second-order valence-electron chi connectivity index (χ2n) is 7.52. The number of rotatable bonds is 7. The number of methoxy groups -OCH3 is 1. The first-order valence-corrected chi connectivity index (χ1v) is 11.2. The monoisotopic (exact) mass is 448 g/mol. The molecular formula is C21H24N2O7S. The van der Waals surface area contributed by atoms with E-state index in [1.807, 2.05) is 6.92 Å². The van der Waals surface area contributed by atoms with E-state index in [4.69, 9.17) is 9.47 Å². The lowest BCUT2D eigenvalue weighted by Crippen LogP contribution is -2.39. The zero-order valence-electron chi connectivity index (χ0n) is 17.5. The van der Waals surface area contributed by atoms with Crippen LogP contribution in [-0.4, -0.2) is 43.6 Å². The first-order chi connectivity index (χ1) is 14.6. The van der Waals surface area contributed by atoms with Gasteiger partial charge in [0.05, 0.1) is 16.9 Å². The predicted molar refractivity (Wildman–Crippen MR) is 113 cm³/mol. The van der Waals surface area contributed by atoms with Gasteiger partial charge in [-0.1, -0.05) is 6.92 Å². The standard InChI is InChI=1S/C21H24N2O7S/c1-14-5-4-10-22(13-14)31(27,28)17-7-9-19(18(12-17)23(25)26)30-20-8-6-16(15(2)24)11-21(20)29-3/h6-9,11-12,14H,4-5,10,13H2,1-3H3. The van der Waals surface area contributed by atoms with Gasteiger partial charge in [0, 0.05) is 24.7 Å². The Kier molecular flexibility index (Phi) is 6.61. The Morgan fingerprint density at radius 2 is 1.87 bits per heavy atom. The smallest absolute Gasteiger partial charge is 0.312 e. The van der Waals surface area contributed by atoms with Crippen molar-refractivity contribution in [1.29, 1.82) is 0 Å². The fourth-order valence-corrected chi connectivity index (χ4v) is 5.11. The summed E-state index contributed by atoms with van der Waals surface area (Å²) in [5.74, 6) is 0.311. The number of ether oxygens (including phenoxy) is 2. The normalized spacial score (nSPS) is 17.2. The molecule has 0 amide bonds. The Balaban J connectivity index is 1.97. The molecule has 9 nitrogen and oxygen atoms in total. The van der Waals surface area contributed by atoms with Gasteiger partial charge >= 0.3 is 5.69 Å². The minimum atomic E-state index is -3.86. The van der Waals surface area contributed by atoms with Crippen LogP contribution in [0.3, 0.4) is 0 Å². The van der Waals surface area contributed by atoms with E-state index in [1.54, 1.807) is 0 Å². The molecule has 0 radical (unpaired) electrons. The molecule has 0 aromatic heterocycles. The third kappa shape index (κ3) is 4.86. The van der Waals surface area contributed by atoms with Crippen LogP contribution < -0.4 is 9.47 Å². The summed E-state index contributed by atoms with van der Waals surface area (Å²) in [4.78, 5) is 22.4. The maximum absolute atomic E-state index is 13.0. The van der Waals surface area contributed by atoms with Gasteiger partial charge < -0.3 is 9.47 Å². The minimum absolute atomic E-state index is 0.134. The molecule has 1 saturated heterocycles. The summed E-state index contributed by atoms with van der Waals surface area (Å²) >= 11 is 0. The summed E-state index contributed by atoms with van der Waals surface area (Å²) in [5, 5.41) is 11.7. The van der Waals surface area contributed by atoms with E-state index in [0.717, 1.165) is 18.9 Å². The average molecular weight is 448 g/mol. The number of nitro benzene ring substituents is 1. The van der Waals surface area contributed by atoms with E-state index < -0.39 is 20.6 Å². The SMILES string of the molecule is COc1cc(C(C)=O)ccc1Oc1ccc(S(=O)(=O)N2CCCC(C)C2)cc1[N+](=O)[O-]. The third-order valence-electron chi connectivity index (χ3n) is 5.17. The summed E-state index contributed by atoms with van der Waals surface area (Å²) in [5.41, 5.74) is -0.0836. The van der Waals surface area contributed by atoms with Crippen LogP contribution in [-0.2, 0) is 10.0 Å². The summed E-state index contributed by atoms with van der Waals surface area (Å²) in [7, 11) is -2.47. The molecule has 1 aliphatic rings. The van der Waals surface area contributed by atoms with Gasteiger partial charge in [0.15, 0.2) is 17.3 Å². The van der Waals surface area contributed by atoms with Crippen LogP contribution in [0.25, 0.3) is 0 Å². The Morgan fingerprint density at radius 3 is 2.48 bits per heavy atom. The first kappa shape index (κ1) is 22.7. The largest absolute Gasteiger partial charge is 0.493 e. The lowest BCUT2D eigenvalue weighted by Gasteiger charge is -2.30. The van der Waals surface area contributed by atoms with E-state index in [-0.39, 0.29) is 33.8 Å². The topological polar surface area (TPSA) is 116 Å². The van der Waals surface area contributed by atoms with Crippen molar-refractivity contribution in [2.75, 3.05) is 20.2 Å². The molecule has 2 aromatic carbocycles. The van der Waals surface area contributed by atoms with E-state index in [9.17, 15) is 23.3 Å². The van der Waals surface area contributed by atoms with Gasteiger partial charge in [0.1, 0.15) is 0 Å². The number of piperidine rings is 1. The van der Waals surface area contributed by atoms with E-state index in [1.165, 1.54) is 48.7 Å². The van der Waals surface area contributed by atoms with Crippen molar-refractivity contribution < 1.29 is 27.6 Å². The highest BCUT2D eigenvalue weighted by Crippen LogP contribution is 2.38. The number of hydrogen-bond acceptors (Lipinski definition) is 7. The van der Waals surface area contributed by atoms with E-state index in [0.29, 0.717) is 18.7 Å². The Bertz CT molecular complexity index is 1110. The lowest BCUT2D eigenvalue weighted by atomic mass is 10.0. The van der Waals surface area contributed by atoms with Gasteiger partial charge in [0.2, 0.25) is 15.8 Å². The number of carbonyl (C=O) groups excluding carboxylic acids is 1. The number of nitrogens with zero attached hydrogens (tertiary/aromatic N) is 2. The predicted octanol–water partition coefficient (Wildman–Crippen LogP) is 4.02. The molecule has 166 valence electrons. The van der Waals surface area contributed by atoms with Crippen molar-refractivity contribution in [3.05, 3.63) is 52.1 Å². The number of sulfonamides is 1. The summed E-state index contributed by atoms with van der Waals surface area (Å²) in [6.07, 6.45) is 1.70. The second-order valence-corrected chi connectivity index (χ2v) is 9.46. The molecule has 1 fully saturated rings. The number of ketones is 1. The van der Waals surface area contributed by atoms with Gasteiger partial charge in [-0.3, -0.25) is 14.9 Å². The van der Waals surface area contributed by atoms with Gasteiger partial charge in [-0.25, -0.2) is 8.42 Å². The van der Waals surface area contributed by atoms with E-state index >= 15 is 0 Å². The molecule has 0 N–H and O–H groups in total. The zero-order chi connectivity index (χ0) is 22.8. The summed E-state index contributed by atoms with van der Waals surface area (Å²) in [6.45, 7) is 4.15. The maximum Gasteiger partial charge on any atom is 0.312 e. The molecule has 0 bridgehead atoms. The molecule has 2 aromatic rings. The first-order valence-electron chi connectivity index (χ1n) is 9.79. The number of nitro groups is 1. The fraction of sp³-hybridized carbons (Fsp3) is 0.381. The Labute approximate surface area is 180 Å². The van der Waals surface area contributed by atoms with Crippen molar-refractivity contribution in [3.8, 4) is 17.2 Å². The highest BCUT2D eigenvalue weighted by atomic mass is 32.2. The molecule has 3 rings (SSSR count). The highest BCUT2D eigenvalue weighted by molar-refractivity contribution is 7.89. The quantitative estimate of drug-likeness (QED) is 0.357. The molecule has 1 unspecified atom stereocenters. The molecule has 0 spiro atoms. The summed E-state index contributed by atoms with van der Waals surface area (Å²) in [6, 6.07) is 8.03. The average Bonchev–Trinajstić information content (AvgIpc) is 2.73. The maximum atomic E-state index is 13.0. The zero-order valence-corrected chi connectivity index (χ0v) is 18.3. The van der Waals surface area contributed by atoms with Crippen molar-refractivity contribution in [1.82, 2.24) is 4.31 Å². The van der Waals surface area contributed by atoms with Gasteiger partial charge in [0.25, 0.3) is 0 Å². The minimum Gasteiger partial charge on any atom is -0.493 e. The molecule has 1 aliphatic heterocycles. The molecule has 10 heteroatoms. The highest BCUT2D eigenvalue weighted by Gasteiger charge is 2.31. The fourth-order valence-electron chi connectivity index (χ4n) is 3.49. The molecule has 31 heavy (non-hydrogen) atoms. The van der Waals surface area contributed by atoms with Gasteiger partial charge in [-0.2, -0.15) is 4.31 Å². The Hall–Kier alpha value is -2.98. The Morgan fingerprint density at radius 1 is 1.16 bits per heavy atom. The van der Waals surface area contributed by atoms with E-state index in [2.05, 4.69) is 0 Å². The van der Waals surface area contributed by atoms with Crippen LogP contribution in [0.15, 0.2) is 41.3 Å². The van der Waals surface area contributed by atoms with Crippen LogP contribution >= 0.6 is 0 Å². The molecule has 0 aliphatic carbocycles. The van der Waals surface area contributed by atoms with Crippen LogP contribution in [0.5, 0.6) is 17.2 Å². The molecule has 0 saturated carbocycles. The van der Waals surface area contributed by atoms with Crippen LogP contribution in [0.2, 0.25) is 0 Å². The molecule has 1 atom stereocenters. The van der Waals surface area contributed by atoms with Crippen molar-refractivity contribution in [2.24, 2.45) is 5.92 Å². The van der Waals surface area contributed by atoms with Crippen molar-refractivity contribution in [3.63, 3.8) is 0 Å². The lowest BCUT2D eigenvalue weighted by molar-refractivity contribution is -0.385. The number of benzene rings is 2. The van der Waals surface area contributed by atoms with Gasteiger partial charge in [-0.05, 0) is 56.0 Å². The third-order valence-corrected chi connectivity index (χ3v) is 7.04. The number of hydrogen-bond donors (Lipinski definition) is 0.